The number of nitrogens with one attached hydrogen (secondary N) is 1. The fourth-order valence-electron chi connectivity index (χ4n) is 2.24. The zero-order valence-corrected chi connectivity index (χ0v) is 13.9. The number of aryl methyl sites for hydroxylation is 1. The lowest BCUT2D eigenvalue weighted by Crippen LogP contribution is -2.34. The number of carbonyl (C=O) groups is 1. The van der Waals surface area contributed by atoms with Crippen molar-refractivity contribution in [2.45, 2.75) is 30.8 Å². The van der Waals surface area contributed by atoms with Crippen LogP contribution in [0.1, 0.15) is 37.2 Å². The van der Waals surface area contributed by atoms with Gasteiger partial charge in [-0.15, -0.1) is 0 Å². The number of aliphatic carboxylic acids is 1. The Morgan fingerprint density at radius 2 is 1.87 bits per heavy atom. The molecule has 2 aromatic rings. The molecule has 23 heavy (non-hydrogen) atoms. The zero-order chi connectivity index (χ0) is 17.2. The van der Waals surface area contributed by atoms with Gasteiger partial charge >= 0.3 is 5.97 Å². The van der Waals surface area contributed by atoms with Gasteiger partial charge in [-0.05, 0) is 5.56 Å². The summed E-state index contributed by atoms with van der Waals surface area (Å²) >= 11 is 0. The van der Waals surface area contributed by atoms with Crippen LogP contribution < -0.4 is 4.72 Å². The Hall–Kier alpha value is -2.19. The summed E-state index contributed by atoms with van der Waals surface area (Å²) in [5.74, 6) is -0.620. The first-order valence-corrected chi connectivity index (χ1v) is 8.54. The first kappa shape index (κ1) is 17.2. The average molecular weight is 337 g/mol. The second-order valence-corrected chi connectivity index (χ2v) is 7.17. The maximum absolute atomic E-state index is 12.5. The molecule has 0 saturated carbocycles. The predicted molar refractivity (Wildman–Crippen MR) is 84.4 cm³/mol. The number of hydrogen-bond acceptors (Lipinski definition) is 4. The molecular formula is C15H19N3O4S. The van der Waals surface area contributed by atoms with Gasteiger partial charge in [0.25, 0.3) is 10.0 Å². The molecule has 8 heteroatoms. The summed E-state index contributed by atoms with van der Waals surface area (Å²) in [6, 6.07) is 6.77. The monoisotopic (exact) mass is 337 g/mol. The molecule has 1 aromatic carbocycles. The van der Waals surface area contributed by atoms with E-state index in [4.69, 9.17) is 0 Å². The second-order valence-electron chi connectivity index (χ2n) is 5.51. The summed E-state index contributed by atoms with van der Waals surface area (Å²) in [7, 11) is -2.35. The van der Waals surface area contributed by atoms with Crippen molar-refractivity contribution in [2.75, 3.05) is 0 Å². The fourth-order valence-corrected chi connectivity index (χ4v) is 3.42. The maximum atomic E-state index is 12.5. The molecular weight excluding hydrogens is 318 g/mol. The molecule has 2 rings (SSSR count). The third-order valence-corrected chi connectivity index (χ3v) is 4.63. The minimum Gasteiger partial charge on any atom is -0.480 e. The lowest BCUT2D eigenvalue weighted by molar-refractivity contribution is -0.139. The Morgan fingerprint density at radius 1 is 1.26 bits per heavy atom. The molecule has 1 aromatic heterocycles. The molecule has 1 atom stereocenters. The molecule has 2 N–H and O–H groups in total. The summed E-state index contributed by atoms with van der Waals surface area (Å²) in [6.45, 7) is 3.80. The predicted octanol–water partition coefficient (Wildman–Crippen LogP) is 1.65. The largest absolute Gasteiger partial charge is 0.480 e. The molecule has 0 bridgehead atoms. The standard InChI is InChI=1S/C15H19N3O4S/c1-10(2)14-16-12(9-18(14)3)23(21,22)17-13(15(19)20)11-7-5-4-6-8-11/h4-10,13,17H,1-3H3,(H,19,20)/t13-/m0/s1. The van der Waals surface area contributed by atoms with Crippen LogP contribution in [0.25, 0.3) is 0 Å². The van der Waals surface area contributed by atoms with E-state index >= 15 is 0 Å². The topological polar surface area (TPSA) is 101 Å². The highest BCUT2D eigenvalue weighted by Crippen LogP contribution is 2.19. The second kappa shape index (κ2) is 6.51. The van der Waals surface area contributed by atoms with Crippen molar-refractivity contribution in [3.8, 4) is 0 Å². The van der Waals surface area contributed by atoms with Crippen molar-refractivity contribution in [2.24, 2.45) is 7.05 Å². The van der Waals surface area contributed by atoms with Crippen LogP contribution in [0, 0.1) is 0 Å². The minimum atomic E-state index is -4.05. The third-order valence-electron chi connectivity index (χ3n) is 3.33. The highest BCUT2D eigenvalue weighted by atomic mass is 32.2. The Balaban J connectivity index is 2.36. The normalized spacial score (nSPS) is 13.2. The van der Waals surface area contributed by atoms with Crippen LogP contribution in [-0.2, 0) is 21.9 Å². The number of carboxylic acid groups (broad SMARTS) is 1. The van der Waals surface area contributed by atoms with Gasteiger partial charge in [-0.3, -0.25) is 4.79 Å². The summed E-state index contributed by atoms with van der Waals surface area (Å²) in [5.41, 5.74) is 0.351. The van der Waals surface area contributed by atoms with E-state index < -0.39 is 22.0 Å². The maximum Gasteiger partial charge on any atom is 0.326 e. The lowest BCUT2D eigenvalue weighted by Gasteiger charge is -2.14. The van der Waals surface area contributed by atoms with Crippen molar-refractivity contribution < 1.29 is 18.3 Å². The number of nitrogens with zero attached hydrogens (tertiary/aromatic N) is 2. The summed E-state index contributed by atoms with van der Waals surface area (Å²) in [5, 5.41) is 9.14. The van der Waals surface area contributed by atoms with E-state index in [1.54, 1.807) is 41.9 Å². The van der Waals surface area contributed by atoms with Gasteiger partial charge in [-0.2, -0.15) is 4.72 Å². The van der Waals surface area contributed by atoms with Gasteiger partial charge in [0.15, 0.2) is 5.03 Å². The molecule has 0 fully saturated rings. The van der Waals surface area contributed by atoms with E-state index in [1.165, 1.54) is 6.20 Å². The van der Waals surface area contributed by atoms with E-state index in [1.807, 2.05) is 13.8 Å². The van der Waals surface area contributed by atoms with Crippen LogP contribution in [0.5, 0.6) is 0 Å². The third kappa shape index (κ3) is 3.77. The van der Waals surface area contributed by atoms with E-state index in [9.17, 15) is 18.3 Å². The van der Waals surface area contributed by atoms with Crippen LogP contribution in [0.4, 0.5) is 0 Å². The molecule has 0 aliphatic carbocycles. The number of rotatable bonds is 6. The Morgan fingerprint density at radius 3 is 2.35 bits per heavy atom. The summed E-state index contributed by atoms with van der Waals surface area (Å²) in [4.78, 5) is 15.5. The minimum absolute atomic E-state index is 0.0494. The Bertz CT molecular complexity index is 797. The number of hydrogen-bond donors (Lipinski definition) is 2. The van der Waals surface area contributed by atoms with E-state index in [2.05, 4.69) is 9.71 Å². The van der Waals surface area contributed by atoms with Crippen molar-refractivity contribution in [1.29, 1.82) is 0 Å². The molecule has 1 heterocycles. The highest BCUT2D eigenvalue weighted by Gasteiger charge is 2.29. The zero-order valence-electron chi connectivity index (χ0n) is 13.1. The Labute approximate surface area is 135 Å². The van der Waals surface area contributed by atoms with Gasteiger partial charge in [0, 0.05) is 19.2 Å². The molecule has 0 saturated heterocycles. The number of carboxylic acids is 1. The van der Waals surface area contributed by atoms with E-state index in [0.717, 1.165) is 0 Å². The van der Waals surface area contributed by atoms with Crippen molar-refractivity contribution in [3.63, 3.8) is 0 Å². The molecule has 0 spiro atoms. The van der Waals surface area contributed by atoms with E-state index in [0.29, 0.717) is 11.4 Å². The first-order valence-electron chi connectivity index (χ1n) is 7.05. The smallest absolute Gasteiger partial charge is 0.326 e. The molecule has 0 unspecified atom stereocenters. The molecule has 0 aliphatic rings. The van der Waals surface area contributed by atoms with Gasteiger partial charge in [0.1, 0.15) is 11.9 Å². The van der Waals surface area contributed by atoms with Crippen LogP contribution in [0.15, 0.2) is 41.6 Å². The quantitative estimate of drug-likeness (QED) is 0.834. The van der Waals surface area contributed by atoms with Crippen LogP contribution in [-0.4, -0.2) is 29.0 Å². The average Bonchev–Trinajstić information content (AvgIpc) is 2.88. The first-order chi connectivity index (χ1) is 10.7. The van der Waals surface area contributed by atoms with Gasteiger partial charge in [-0.1, -0.05) is 44.2 Å². The molecule has 7 nitrogen and oxygen atoms in total. The van der Waals surface area contributed by atoms with Crippen molar-refractivity contribution in [1.82, 2.24) is 14.3 Å². The molecule has 0 radical (unpaired) electrons. The van der Waals surface area contributed by atoms with Crippen molar-refractivity contribution in [3.05, 3.63) is 47.9 Å². The molecule has 0 amide bonds. The Kier molecular flexibility index (Phi) is 4.86. The lowest BCUT2D eigenvalue weighted by atomic mass is 10.1. The summed E-state index contributed by atoms with van der Waals surface area (Å²) < 4.78 is 28.7. The van der Waals surface area contributed by atoms with Crippen LogP contribution in [0.2, 0.25) is 0 Å². The number of sulfonamides is 1. The number of benzene rings is 1. The van der Waals surface area contributed by atoms with E-state index in [-0.39, 0.29) is 10.9 Å². The molecule has 124 valence electrons. The van der Waals surface area contributed by atoms with Gasteiger partial charge in [-0.25, -0.2) is 13.4 Å². The van der Waals surface area contributed by atoms with Crippen molar-refractivity contribution >= 4 is 16.0 Å². The molecule has 0 aliphatic heterocycles. The number of imidazole rings is 1. The van der Waals surface area contributed by atoms with Gasteiger partial charge in [0.2, 0.25) is 0 Å². The number of aromatic nitrogens is 2. The van der Waals surface area contributed by atoms with Gasteiger partial charge < -0.3 is 9.67 Å². The SMILES string of the molecule is CC(C)c1nc(S(=O)(=O)N[C@H](C(=O)O)c2ccccc2)cn1C. The van der Waals surface area contributed by atoms with Crippen LogP contribution in [0.3, 0.4) is 0 Å². The highest BCUT2D eigenvalue weighted by molar-refractivity contribution is 7.89. The fraction of sp³-hybridized carbons (Fsp3) is 0.333. The van der Waals surface area contributed by atoms with Crippen LogP contribution >= 0.6 is 0 Å². The summed E-state index contributed by atoms with van der Waals surface area (Å²) in [6.07, 6.45) is 1.38. The van der Waals surface area contributed by atoms with Gasteiger partial charge in [0.05, 0.1) is 0 Å².